The van der Waals surface area contributed by atoms with Crippen molar-refractivity contribution >= 4 is 17.2 Å². The van der Waals surface area contributed by atoms with Crippen molar-refractivity contribution < 1.29 is 4.39 Å². The first-order valence-corrected chi connectivity index (χ1v) is 5.12. The molecule has 0 saturated carbocycles. The van der Waals surface area contributed by atoms with Crippen molar-refractivity contribution in [1.82, 2.24) is 0 Å². The molecule has 0 aromatic heterocycles. The normalized spacial score (nSPS) is 10.2. The van der Waals surface area contributed by atoms with Gasteiger partial charge in [-0.2, -0.15) is 0 Å². The number of hydrogen-bond donors (Lipinski definition) is 1. The van der Waals surface area contributed by atoms with Crippen LogP contribution in [-0.4, -0.2) is 4.99 Å². The van der Waals surface area contributed by atoms with Crippen molar-refractivity contribution in [1.29, 1.82) is 0 Å². The highest BCUT2D eigenvalue weighted by Gasteiger charge is 2.11. The Balaban J connectivity index is 3.35. The molecular formula is C11H14FNS. The van der Waals surface area contributed by atoms with Crippen LogP contribution in [-0.2, 0) is 12.8 Å². The van der Waals surface area contributed by atoms with E-state index >= 15 is 0 Å². The van der Waals surface area contributed by atoms with Gasteiger partial charge in [-0.25, -0.2) is 4.39 Å². The van der Waals surface area contributed by atoms with Gasteiger partial charge in [0.1, 0.15) is 10.8 Å². The molecule has 0 aliphatic rings. The summed E-state index contributed by atoms with van der Waals surface area (Å²) in [7, 11) is 0. The highest BCUT2D eigenvalue weighted by molar-refractivity contribution is 7.80. The van der Waals surface area contributed by atoms with E-state index < -0.39 is 0 Å². The molecule has 76 valence electrons. The molecule has 1 rings (SSSR count). The Morgan fingerprint density at radius 2 is 2.00 bits per heavy atom. The fraction of sp³-hybridized carbons (Fsp3) is 0.364. The Kier molecular flexibility index (Phi) is 3.58. The number of hydrogen-bond acceptors (Lipinski definition) is 1. The second kappa shape index (κ2) is 4.51. The van der Waals surface area contributed by atoms with Crippen LogP contribution >= 0.6 is 12.2 Å². The van der Waals surface area contributed by atoms with Crippen molar-refractivity contribution in [3.05, 3.63) is 34.6 Å². The molecule has 2 N–H and O–H groups in total. The Labute approximate surface area is 89.1 Å². The molecule has 1 aromatic carbocycles. The van der Waals surface area contributed by atoms with Gasteiger partial charge in [-0.1, -0.05) is 38.2 Å². The smallest absolute Gasteiger partial charge is 0.130 e. The fourth-order valence-electron chi connectivity index (χ4n) is 1.52. The first-order valence-electron chi connectivity index (χ1n) is 4.71. The molecule has 0 unspecified atom stereocenters. The molecule has 0 radical (unpaired) electrons. The number of rotatable bonds is 3. The van der Waals surface area contributed by atoms with Gasteiger partial charge in [0.25, 0.3) is 0 Å². The summed E-state index contributed by atoms with van der Waals surface area (Å²) in [5.74, 6) is -0.152. The van der Waals surface area contributed by atoms with Crippen molar-refractivity contribution in [3.8, 4) is 0 Å². The number of halogens is 1. The van der Waals surface area contributed by atoms with Crippen LogP contribution in [0, 0.1) is 5.82 Å². The van der Waals surface area contributed by atoms with Crippen molar-refractivity contribution in [2.45, 2.75) is 26.7 Å². The van der Waals surface area contributed by atoms with Gasteiger partial charge in [-0.05, 0) is 24.0 Å². The molecule has 1 nitrogen and oxygen atoms in total. The number of nitrogens with two attached hydrogens (primary N) is 1. The summed E-state index contributed by atoms with van der Waals surface area (Å²) in [6.07, 6.45) is 1.31. The number of aryl methyl sites for hydroxylation is 1. The summed E-state index contributed by atoms with van der Waals surface area (Å²) in [6, 6.07) is 3.56. The molecule has 3 heteroatoms. The van der Waals surface area contributed by atoms with E-state index in [9.17, 15) is 4.39 Å². The summed E-state index contributed by atoms with van der Waals surface area (Å²) in [5.41, 5.74) is 7.54. The lowest BCUT2D eigenvalue weighted by atomic mass is 9.99. The molecule has 0 bridgehead atoms. The van der Waals surface area contributed by atoms with Gasteiger partial charge in [0.2, 0.25) is 0 Å². The summed E-state index contributed by atoms with van der Waals surface area (Å²) in [6.45, 7) is 3.83. The van der Waals surface area contributed by atoms with Crippen LogP contribution in [0.4, 0.5) is 4.39 Å². The van der Waals surface area contributed by atoms with E-state index in [2.05, 4.69) is 0 Å². The molecule has 14 heavy (non-hydrogen) atoms. The summed E-state index contributed by atoms with van der Waals surface area (Å²) in [4.78, 5) is 0.267. The Morgan fingerprint density at radius 3 is 2.43 bits per heavy atom. The molecule has 0 heterocycles. The second-order valence-corrected chi connectivity index (χ2v) is 3.58. The van der Waals surface area contributed by atoms with Gasteiger partial charge in [-0.3, -0.25) is 0 Å². The maximum absolute atomic E-state index is 13.8. The summed E-state index contributed by atoms with van der Waals surface area (Å²) in [5, 5.41) is 0. The molecule has 0 atom stereocenters. The van der Waals surface area contributed by atoms with E-state index in [0.717, 1.165) is 5.56 Å². The monoisotopic (exact) mass is 211 g/mol. The number of thiocarbonyl (C=S) groups is 1. The maximum atomic E-state index is 13.8. The molecule has 0 amide bonds. The highest BCUT2D eigenvalue weighted by atomic mass is 32.1. The third-order valence-electron chi connectivity index (χ3n) is 2.32. The molecule has 1 aromatic rings. The minimum atomic E-state index is -0.152. The first kappa shape index (κ1) is 11.1. The van der Waals surface area contributed by atoms with Crippen molar-refractivity contribution in [2.75, 3.05) is 0 Å². The van der Waals surface area contributed by atoms with E-state index in [0.29, 0.717) is 24.0 Å². The zero-order valence-electron chi connectivity index (χ0n) is 8.43. The van der Waals surface area contributed by atoms with Gasteiger partial charge in [0.15, 0.2) is 0 Å². The van der Waals surface area contributed by atoms with Gasteiger partial charge in [-0.15, -0.1) is 0 Å². The average molecular weight is 211 g/mol. The van der Waals surface area contributed by atoms with Gasteiger partial charge >= 0.3 is 0 Å². The second-order valence-electron chi connectivity index (χ2n) is 3.14. The minimum absolute atomic E-state index is 0.152. The number of benzene rings is 1. The van der Waals surface area contributed by atoms with E-state index in [1.807, 2.05) is 19.9 Å². The largest absolute Gasteiger partial charge is 0.389 e. The molecular weight excluding hydrogens is 197 g/mol. The van der Waals surface area contributed by atoms with E-state index in [1.165, 1.54) is 0 Å². The SMILES string of the molecule is CCc1ccc(C(N)=S)c(CC)c1F. The van der Waals surface area contributed by atoms with E-state index in [4.69, 9.17) is 18.0 Å². The van der Waals surface area contributed by atoms with Crippen LogP contribution < -0.4 is 5.73 Å². The lowest BCUT2D eigenvalue weighted by Crippen LogP contribution is -2.14. The molecule has 0 spiro atoms. The lowest BCUT2D eigenvalue weighted by molar-refractivity contribution is 0.596. The molecule has 0 aliphatic heterocycles. The molecule has 0 fully saturated rings. The van der Waals surface area contributed by atoms with Gasteiger partial charge < -0.3 is 5.73 Å². The van der Waals surface area contributed by atoms with Gasteiger partial charge in [0.05, 0.1) is 0 Å². The van der Waals surface area contributed by atoms with Crippen LogP contribution in [0.3, 0.4) is 0 Å². The molecule has 0 aliphatic carbocycles. The maximum Gasteiger partial charge on any atom is 0.130 e. The minimum Gasteiger partial charge on any atom is -0.389 e. The fourth-order valence-corrected chi connectivity index (χ4v) is 1.71. The Bertz CT molecular complexity index is 361. The highest BCUT2D eigenvalue weighted by Crippen LogP contribution is 2.19. The third-order valence-corrected chi connectivity index (χ3v) is 2.54. The quantitative estimate of drug-likeness (QED) is 0.778. The topological polar surface area (TPSA) is 26.0 Å². The van der Waals surface area contributed by atoms with Crippen molar-refractivity contribution in [3.63, 3.8) is 0 Å². The summed E-state index contributed by atoms with van der Waals surface area (Å²) >= 11 is 4.87. The standard InChI is InChI=1S/C11H14FNS/c1-3-7-5-6-9(11(13)14)8(4-2)10(7)12/h5-6H,3-4H2,1-2H3,(H2,13,14). The van der Waals surface area contributed by atoms with Gasteiger partial charge in [0, 0.05) is 5.56 Å². The average Bonchev–Trinajstić information content (AvgIpc) is 2.17. The lowest BCUT2D eigenvalue weighted by Gasteiger charge is -2.10. The Morgan fingerprint density at radius 1 is 1.36 bits per heavy atom. The van der Waals surface area contributed by atoms with Crippen molar-refractivity contribution in [2.24, 2.45) is 5.73 Å². The van der Waals surface area contributed by atoms with E-state index in [-0.39, 0.29) is 10.8 Å². The predicted octanol–water partition coefficient (Wildman–Crippen LogP) is 2.58. The van der Waals surface area contributed by atoms with Crippen LogP contribution in [0.15, 0.2) is 12.1 Å². The van der Waals surface area contributed by atoms with Crippen LogP contribution in [0.1, 0.15) is 30.5 Å². The third kappa shape index (κ3) is 1.93. The van der Waals surface area contributed by atoms with Crippen LogP contribution in [0.2, 0.25) is 0 Å². The Hall–Kier alpha value is -0.960. The van der Waals surface area contributed by atoms with E-state index in [1.54, 1.807) is 6.07 Å². The molecule has 0 saturated heterocycles. The zero-order chi connectivity index (χ0) is 10.7. The zero-order valence-corrected chi connectivity index (χ0v) is 9.25. The first-order chi connectivity index (χ1) is 6.61. The predicted molar refractivity (Wildman–Crippen MR) is 61.0 cm³/mol. The van der Waals surface area contributed by atoms with Crippen LogP contribution in [0.5, 0.6) is 0 Å². The summed E-state index contributed by atoms with van der Waals surface area (Å²) < 4.78 is 13.8. The van der Waals surface area contributed by atoms with Crippen LogP contribution in [0.25, 0.3) is 0 Å².